The molecule has 0 amide bonds. The fourth-order valence-electron chi connectivity index (χ4n) is 1.73. The minimum atomic E-state index is -0.437. The van der Waals surface area contributed by atoms with Crippen LogP contribution in [0.1, 0.15) is 6.92 Å². The van der Waals surface area contributed by atoms with Gasteiger partial charge in [-0.25, -0.2) is 9.78 Å². The number of rotatable bonds is 1. The van der Waals surface area contributed by atoms with E-state index in [4.69, 9.17) is 0 Å². The van der Waals surface area contributed by atoms with Gasteiger partial charge >= 0.3 is 5.69 Å². The van der Waals surface area contributed by atoms with E-state index in [9.17, 15) is 9.59 Å². The Kier molecular flexibility index (Phi) is 2.03. The summed E-state index contributed by atoms with van der Waals surface area (Å²) in [6, 6.07) is 0. The van der Waals surface area contributed by atoms with E-state index in [1.807, 2.05) is 14.8 Å². The van der Waals surface area contributed by atoms with E-state index in [0.717, 1.165) is 5.72 Å². The Hall–Kier alpha value is -1.79. The quantitative estimate of drug-likeness (QED) is 0.533. The summed E-state index contributed by atoms with van der Waals surface area (Å²) < 4.78 is 3.13. The zero-order valence-electron chi connectivity index (χ0n) is 8.87. The predicted molar refractivity (Wildman–Crippen MR) is 59.4 cm³/mol. The summed E-state index contributed by atoms with van der Waals surface area (Å²) in [6.07, 6.45) is 0. The number of aryl methyl sites for hydroxylation is 2. The molecule has 0 unspecified atom stereocenters. The van der Waals surface area contributed by atoms with Gasteiger partial charge in [0.05, 0.1) is 5.72 Å². The zero-order valence-corrected chi connectivity index (χ0v) is 8.87. The summed E-state index contributed by atoms with van der Waals surface area (Å²) in [5.41, 5.74) is 0.809. The molecule has 0 aliphatic carbocycles. The van der Waals surface area contributed by atoms with Crippen molar-refractivity contribution in [2.24, 2.45) is 7.05 Å². The second-order valence-corrected chi connectivity index (χ2v) is 3.39. The highest BCUT2D eigenvalue weighted by Crippen LogP contribution is 2.01. The number of nitrogens with zero attached hydrogens (tertiary/aromatic N) is 3. The Bertz CT molecular complexity index is 636. The normalized spacial score (nSPS) is 11.1. The Morgan fingerprint density at radius 3 is 2.73 bits per heavy atom. The van der Waals surface area contributed by atoms with E-state index in [1.54, 1.807) is 11.6 Å². The monoisotopic (exact) mass is 206 g/mol. The maximum Gasteiger partial charge on any atom is 0.329 e. The molecule has 2 heterocycles. The first-order chi connectivity index (χ1) is 7.06. The lowest BCUT2D eigenvalue weighted by molar-refractivity contribution is 0.795. The molecule has 0 saturated carbocycles. The Morgan fingerprint density at radius 1 is 1.47 bits per heavy atom. The lowest BCUT2D eigenvalue weighted by Gasteiger charge is -2.01. The minimum absolute atomic E-state index is 0.379. The molecular formula is C8H11BN4O2. The molecule has 0 aromatic carbocycles. The third-order valence-corrected chi connectivity index (χ3v) is 2.51. The van der Waals surface area contributed by atoms with Crippen LogP contribution in [-0.2, 0) is 13.6 Å². The second kappa shape index (κ2) is 3.11. The van der Waals surface area contributed by atoms with Crippen LogP contribution in [0.2, 0.25) is 0 Å². The zero-order chi connectivity index (χ0) is 11.2. The fourth-order valence-corrected chi connectivity index (χ4v) is 1.73. The van der Waals surface area contributed by atoms with Crippen LogP contribution in [0.25, 0.3) is 11.2 Å². The van der Waals surface area contributed by atoms with Gasteiger partial charge in [0.2, 0.25) is 0 Å². The number of H-pyrrole nitrogens is 1. The first kappa shape index (κ1) is 9.76. The standard InChI is InChI=1S/C8H11BN4O2/c1-3-13-4-5(10-7(13)9)12(2)8(15)11-6(4)14/h3,9H2,1-2H3,(H,11,14,15). The molecule has 2 aromatic rings. The van der Waals surface area contributed by atoms with Gasteiger partial charge in [-0.15, -0.1) is 0 Å². The van der Waals surface area contributed by atoms with Crippen molar-refractivity contribution in [2.75, 3.05) is 0 Å². The highest BCUT2D eigenvalue weighted by molar-refractivity contribution is 6.30. The van der Waals surface area contributed by atoms with Gasteiger partial charge in [0.1, 0.15) is 0 Å². The number of hydrogen-bond donors (Lipinski definition) is 1. The van der Waals surface area contributed by atoms with E-state index < -0.39 is 5.69 Å². The fraction of sp³-hybridized carbons (Fsp3) is 0.375. The third kappa shape index (κ3) is 1.23. The predicted octanol–water partition coefficient (Wildman–Crippen LogP) is -2.30. The van der Waals surface area contributed by atoms with E-state index in [0.29, 0.717) is 17.7 Å². The molecule has 0 radical (unpaired) electrons. The van der Waals surface area contributed by atoms with Crippen molar-refractivity contribution in [1.29, 1.82) is 0 Å². The molecule has 2 aromatic heterocycles. The average Bonchev–Trinajstić information content (AvgIpc) is 2.52. The van der Waals surface area contributed by atoms with Crippen LogP contribution in [0, 0.1) is 0 Å². The van der Waals surface area contributed by atoms with E-state index in [-0.39, 0.29) is 5.56 Å². The van der Waals surface area contributed by atoms with Gasteiger partial charge in [-0.1, -0.05) is 0 Å². The first-order valence-corrected chi connectivity index (χ1v) is 4.72. The lowest BCUT2D eigenvalue weighted by Crippen LogP contribution is -2.29. The van der Waals surface area contributed by atoms with Crippen LogP contribution >= 0.6 is 0 Å². The van der Waals surface area contributed by atoms with E-state index in [1.165, 1.54) is 4.57 Å². The average molecular weight is 206 g/mol. The second-order valence-electron chi connectivity index (χ2n) is 3.39. The van der Waals surface area contributed by atoms with Crippen molar-refractivity contribution < 1.29 is 0 Å². The van der Waals surface area contributed by atoms with Gasteiger partial charge in [0.15, 0.2) is 19.0 Å². The number of aromatic amines is 1. The van der Waals surface area contributed by atoms with Crippen molar-refractivity contribution in [1.82, 2.24) is 19.1 Å². The highest BCUT2D eigenvalue weighted by Gasteiger charge is 2.12. The number of fused-ring (bicyclic) bond motifs is 1. The van der Waals surface area contributed by atoms with Crippen LogP contribution in [0.5, 0.6) is 0 Å². The van der Waals surface area contributed by atoms with Crippen molar-refractivity contribution >= 4 is 24.7 Å². The van der Waals surface area contributed by atoms with E-state index >= 15 is 0 Å². The molecule has 0 fully saturated rings. The summed E-state index contributed by atoms with van der Waals surface area (Å²) in [5, 5.41) is 0. The molecule has 2 rings (SSSR count). The van der Waals surface area contributed by atoms with Crippen molar-refractivity contribution in [3.8, 4) is 0 Å². The Morgan fingerprint density at radius 2 is 2.13 bits per heavy atom. The van der Waals surface area contributed by atoms with Gasteiger partial charge in [-0.05, 0) is 6.92 Å². The van der Waals surface area contributed by atoms with Gasteiger partial charge in [0.25, 0.3) is 5.56 Å². The molecule has 1 N–H and O–H groups in total. The molecule has 0 bridgehead atoms. The molecule has 0 aliphatic heterocycles. The first-order valence-electron chi connectivity index (χ1n) is 4.72. The van der Waals surface area contributed by atoms with Crippen LogP contribution < -0.4 is 17.0 Å². The molecule has 0 saturated heterocycles. The molecule has 78 valence electrons. The molecule has 0 atom stereocenters. The highest BCUT2D eigenvalue weighted by atomic mass is 16.2. The van der Waals surface area contributed by atoms with Crippen LogP contribution in [0.15, 0.2) is 9.59 Å². The van der Waals surface area contributed by atoms with Crippen LogP contribution in [0.4, 0.5) is 0 Å². The van der Waals surface area contributed by atoms with Crippen molar-refractivity contribution in [3.05, 3.63) is 20.8 Å². The molecule has 7 heteroatoms. The Labute approximate surface area is 86.0 Å². The van der Waals surface area contributed by atoms with Gasteiger partial charge in [0, 0.05) is 13.6 Å². The molecule has 0 aliphatic rings. The summed E-state index contributed by atoms with van der Waals surface area (Å²) in [7, 11) is 3.40. The van der Waals surface area contributed by atoms with Crippen LogP contribution in [0.3, 0.4) is 0 Å². The largest absolute Gasteiger partial charge is 0.331 e. The summed E-state index contributed by atoms with van der Waals surface area (Å²) in [4.78, 5) is 29.4. The molecule has 15 heavy (non-hydrogen) atoms. The Balaban J connectivity index is 3.10. The molecule has 0 spiro atoms. The van der Waals surface area contributed by atoms with Crippen molar-refractivity contribution in [2.45, 2.75) is 13.5 Å². The summed E-state index contributed by atoms with van der Waals surface area (Å²) in [5.74, 6) is 0. The summed E-state index contributed by atoms with van der Waals surface area (Å²) in [6.45, 7) is 2.59. The smallest absolute Gasteiger partial charge is 0.329 e. The summed E-state index contributed by atoms with van der Waals surface area (Å²) >= 11 is 0. The topological polar surface area (TPSA) is 72.7 Å². The van der Waals surface area contributed by atoms with Crippen LogP contribution in [-0.4, -0.2) is 26.9 Å². The van der Waals surface area contributed by atoms with Gasteiger partial charge < -0.3 is 4.57 Å². The van der Waals surface area contributed by atoms with Gasteiger partial charge in [-0.2, -0.15) is 0 Å². The molecular weight excluding hydrogens is 195 g/mol. The number of aromatic nitrogens is 4. The van der Waals surface area contributed by atoms with Gasteiger partial charge in [-0.3, -0.25) is 14.3 Å². The lowest BCUT2D eigenvalue weighted by atomic mass is 10.1. The van der Waals surface area contributed by atoms with Crippen molar-refractivity contribution in [3.63, 3.8) is 0 Å². The SMILES string of the molecule is Bc1nc2c(c(=O)[nH]c(=O)n2C)n1CC. The number of imidazole rings is 1. The third-order valence-electron chi connectivity index (χ3n) is 2.51. The maximum absolute atomic E-state index is 11.6. The minimum Gasteiger partial charge on any atom is -0.331 e. The molecule has 6 nitrogen and oxygen atoms in total. The number of nitrogens with one attached hydrogen (secondary N) is 1. The van der Waals surface area contributed by atoms with E-state index in [2.05, 4.69) is 9.97 Å². The maximum atomic E-state index is 11.6. The number of hydrogen-bond acceptors (Lipinski definition) is 3.